The summed E-state index contributed by atoms with van der Waals surface area (Å²) in [4.78, 5) is 14.5. The zero-order valence-electron chi connectivity index (χ0n) is 7.78. The first kappa shape index (κ1) is 10.3. The molecule has 0 aliphatic rings. The fourth-order valence-electron chi connectivity index (χ4n) is 1.06. The summed E-state index contributed by atoms with van der Waals surface area (Å²) in [5, 5.41) is 12.5. The fourth-order valence-corrected chi connectivity index (χ4v) is 2.01. The molecule has 1 rings (SSSR count). The van der Waals surface area contributed by atoms with Gasteiger partial charge in [0.2, 0.25) is 0 Å². The zero-order chi connectivity index (χ0) is 9.90. The Bertz CT molecular complexity index is 294. The van der Waals surface area contributed by atoms with Crippen LogP contribution >= 0.6 is 11.3 Å². The van der Waals surface area contributed by atoms with Crippen molar-refractivity contribution in [3.8, 4) is 0 Å². The normalized spacial score (nSPS) is 15.3. The van der Waals surface area contributed by atoms with Gasteiger partial charge in [0.05, 0.1) is 10.6 Å². The molecule has 4 heteroatoms. The summed E-state index contributed by atoms with van der Waals surface area (Å²) in [7, 11) is 0. The first-order chi connectivity index (χ1) is 6.03. The Morgan fingerprint density at radius 2 is 2.46 bits per heavy atom. The largest absolute Gasteiger partial charge is 0.389 e. The number of aromatic nitrogens is 1. The minimum atomic E-state index is -0.952. The summed E-state index contributed by atoms with van der Waals surface area (Å²) in [6.07, 6.45) is 1.34. The quantitative estimate of drug-likeness (QED) is 0.744. The monoisotopic (exact) mass is 199 g/mol. The van der Waals surface area contributed by atoms with E-state index in [1.165, 1.54) is 11.3 Å². The number of aliphatic hydroxyl groups is 1. The Labute approximate surface area is 81.4 Å². The molecule has 1 atom stereocenters. The van der Waals surface area contributed by atoms with Crippen LogP contribution in [0.25, 0.3) is 0 Å². The average Bonchev–Trinajstić information content (AvgIpc) is 2.34. The molecule has 1 heterocycles. The van der Waals surface area contributed by atoms with Crippen molar-refractivity contribution in [3.63, 3.8) is 0 Å². The van der Waals surface area contributed by atoms with E-state index in [-0.39, 0.29) is 6.42 Å². The summed E-state index contributed by atoms with van der Waals surface area (Å²) >= 11 is 1.52. The lowest BCUT2D eigenvalue weighted by molar-refractivity contribution is -0.111. The van der Waals surface area contributed by atoms with Gasteiger partial charge >= 0.3 is 0 Å². The molecule has 1 N–H and O–H groups in total. The first-order valence-corrected chi connectivity index (χ1v) is 4.98. The lowest BCUT2D eigenvalue weighted by Crippen LogP contribution is -2.27. The van der Waals surface area contributed by atoms with Crippen LogP contribution in [0.2, 0.25) is 0 Å². The smallest absolute Gasteiger partial charge is 0.122 e. The summed E-state index contributed by atoms with van der Waals surface area (Å²) in [5.74, 6) is 0. The third kappa shape index (κ3) is 3.24. The third-order valence-corrected chi connectivity index (χ3v) is 2.69. The van der Waals surface area contributed by atoms with E-state index in [0.29, 0.717) is 6.42 Å². The predicted octanol–water partition coefficient (Wildman–Crippen LogP) is 1.33. The lowest BCUT2D eigenvalue weighted by Gasteiger charge is -2.18. The van der Waals surface area contributed by atoms with Crippen molar-refractivity contribution in [3.05, 3.63) is 16.1 Å². The van der Waals surface area contributed by atoms with Gasteiger partial charge in [-0.15, -0.1) is 11.3 Å². The Kier molecular flexibility index (Phi) is 3.17. The molecular weight excluding hydrogens is 186 g/mol. The summed E-state index contributed by atoms with van der Waals surface area (Å²) < 4.78 is 0. The first-order valence-electron chi connectivity index (χ1n) is 4.10. The molecule has 0 saturated carbocycles. The zero-order valence-corrected chi connectivity index (χ0v) is 8.60. The predicted molar refractivity (Wildman–Crippen MR) is 51.9 cm³/mol. The molecule has 0 fully saturated rings. The van der Waals surface area contributed by atoms with Crippen molar-refractivity contribution in [2.45, 2.75) is 32.3 Å². The van der Waals surface area contributed by atoms with Crippen LogP contribution in [0.4, 0.5) is 0 Å². The van der Waals surface area contributed by atoms with Gasteiger partial charge in [0, 0.05) is 23.9 Å². The molecule has 1 aromatic rings. The average molecular weight is 199 g/mol. The second kappa shape index (κ2) is 3.98. The Morgan fingerprint density at radius 1 is 1.77 bits per heavy atom. The van der Waals surface area contributed by atoms with Gasteiger partial charge in [0.25, 0.3) is 0 Å². The maximum Gasteiger partial charge on any atom is 0.122 e. The van der Waals surface area contributed by atoms with Gasteiger partial charge in [-0.1, -0.05) is 0 Å². The van der Waals surface area contributed by atoms with Crippen LogP contribution in [0.5, 0.6) is 0 Å². The highest BCUT2D eigenvalue weighted by Gasteiger charge is 2.21. The third-order valence-electron chi connectivity index (χ3n) is 1.72. The van der Waals surface area contributed by atoms with Crippen molar-refractivity contribution in [1.82, 2.24) is 4.98 Å². The van der Waals surface area contributed by atoms with Crippen LogP contribution in [-0.2, 0) is 11.2 Å². The molecule has 0 spiro atoms. The summed E-state index contributed by atoms with van der Waals surface area (Å²) in [6.45, 7) is 3.56. The molecule has 13 heavy (non-hydrogen) atoms. The number of hydrogen-bond acceptors (Lipinski definition) is 4. The molecule has 3 nitrogen and oxygen atoms in total. The van der Waals surface area contributed by atoms with E-state index in [4.69, 9.17) is 0 Å². The molecule has 0 amide bonds. The van der Waals surface area contributed by atoms with Crippen molar-refractivity contribution >= 4 is 17.6 Å². The van der Waals surface area contributed by atoms with Gasteiger partial charge in [0.1, 0.15) is 6.29 Å². The molecular formula is C9H13NO2S. The molecule has 0 bridgehead atoms. The van der Waals surface area contributed by atoms with Crippen LogP contribution in [0.3, 0.4) is 0 Å². The number of rotatable bonds is 4. The molecule has 0 aromatic carbocycles. The van der Waals surface area contributed by atoms with Crippen molar-refractivity contribution in [2.24, 2.45) is 0 Å². The molecule has 1 unspecified atom stereocenters. The summed E-state index contributed by atoms with van der Waals surface area (Å²) in [5.41, 5.74) is 0.00776. The van der Waals surface area contributed by atoms with Crippen molar-refractivity contribution < 1.29 is 9.90 Å². The maximum absolute atomic E-state index is 10.2. The maximum atomic E-state index is 10.2. The Morgan fingerprint density at radius 3 is 2.92 bits per heavy atom. The molecule has 0 saturated heterocycles. The second-order valence-corrected chi connectivity index (χ2v) is 4.37. The highest BCUT2D eigenvalue weighted by Crippen LogP contribution is 2.18. The molecule has 0 radical (unpaired) electrons. The van der Waals surface area contributed by atoms with Crippen LogP contribution in [0.1, 0.15) is 24.0 Å². The van der Waals surface area contributed by atoms with Gasteiger partial charge in [-0.3, -0.25) is 0 Å². The van der Waals surface area contributed by atoms with E-state index in [0.717, 1.165) is 17.0 Å². The van der Waals surface area contributed by atoms with E-state index in [2.05, 4.69) is 4.98 Å². The van der Waals surface area contributed by atoms with E-state index in [9.17, 15) is 9.90 Å². The second-order valence-electron chi connectivity index (χ2n) is 3.43. The molecule has 0 aliphatic carbocycles. The number of carbonyl (C=O) groups excluding carboxylic acids is 1. The fraction of sp³-hybridized carbons (Fsp3) is 0.556. The van der Waals surface area contributed by atoms with Crippen LogP contribution in [-0.4, -0.2) is 22.0 Å². The van der Waals surface area contributed by atoms with Crippen LogP contribution in [0.15, 0.2) is 5.38 Å². The highest BCUT2D eigenvalue weighted by atomic mass is 32.1. The van der Waals surface area contributed by atoms with Gasteiger partial charge in [0.15, 0.2) is 0 Å². The SMILES string of the molecule is Cc1csc(CC(C)(O)CC=O)n1. The number of nitrogens with zero attached hydrogens (tertiary/aromatic N) is 1. The van der Waals surface area contributed by atoms with Crippen molar-refractivity contribution in [1.29, 1.82) is 0 Å². The lowest BCUT2D eigenvalue weighted by atomic mass is 10.00. The van der Waals surface area contributed by atoms with Gasteiger partial charge in [-0.05, 0) is 13.8 Å². The Balaban J connectivity index is 2.62. The molecule has 0 aliphatic heterocycles. The minimum absolute atomic E-state index is 0.158. The Hall–Kier alpha value is -0.740. The standard InChI is InChI=1S/C9H13NO2S/c1-7-6-13-8(10-7)5-9(2,12)3-4-11/h4,6,12H,3,5H2,1-2H3. The number of aryl methyl sites for hydroxylation is 1. The van der Waals surface area contributed by atoms with Crippen LogP contribution in [0, 0.1) is 6.92 Å². The highest BCUT2D eigenvalue weighted by molar-refractivity contribution is 7.09. The van der Waals surface area contributed by atoms with E-state index < -0.39 is 5.60 Å². The van der Waals surface area contributed by atoms with Gasteiger partial charge in [-0.25, -0.2) is 4.98 Å². The number of carbonyl (C=O) groups is 1. The van der Waals surface area contributed by atoms with Gasteiger partial charge in [-0.2, -0.15) is 0 Å². The molecule has 72 valence electrons. The topological polar surface area (TPSA) is 50.2 Å². The minimum Gasteiger partial charge on any atom is -0.389 e. The number of aldehydes is 1. The number of hydrogen-bond donors (Lipinski definition) is 1. The van der Waals surface area contributed by atoms with E-state index in [1.54, 1.807) is 6.92 Å². The van der Waals surface area contributed by atoms with E-state index >= 15 is 0 Å². The summed E-state index contributed by atoms with van der Waals surface area (Å²) in [6, 6.07) is 0. The van der Waals surface area contributed by atoms with Gasteiger partial charge < -0.3 is 9.90 Å². The molecule has 1 aromatic heterocycles. The van der Waals surface area contributed by atoms with Crippen LogP contribution < -0.4 is 0 Å². The number of thiazole rings is 1. The van der Waals surface area contributed by atoms with E-state index in [1.807, 2.05) is 12.3 Å². The van der Waals surface area contributed by atoms with Crippen molar-refractivity contribution in [2.75, 3.05) is 0 Å².